The second kappa shape index (κ2) is 5.81. The SMILES string of the molecule is N#Cc1c(F)cccc1Nc1cc([N+](=O)[O-])cc(NN)n1. The van der Waals surface area contributed by atoms with E-state index in [-0.39, 0.29) is 28.6 Å². The molecule has 2 rings (SSSR count). The molecule has 0 radical (unpaired) electrons. The smallest absolute Gasteiger partial charge is 0.276 e. The largest absolute Gasteiger partial charge is 0.339 e. The van der Waals surface area contributed by atoms with Gasteiger partial charge in [-0.25, -0.2) is 15.2 Å². The number of nitrogens with one attached hydrogen (secondary N) is 2. The van der Waals surface area contributed by atoms with Crippen molar-refractivity contribution >= 4 is 23.0 Å². The molecule has 0 fully saturated rings. The number of nitriles is 1. The van der Waals surface area contributed by atoms with Gasteiger partial charge in [0, 0.05) is 0 Å². The first-order valence-corrected chi connectivity index (χ1v) is 5.64. The summed E-state index contributed by atoms with van der Waals surface area (Å²) in [6.07, 6.45) is 0. The van der Waals surface area contributed by atoms with Gasteiger partial charge in [-0.05, 0) is 12.1 Å². The van der Waals surface area contributed by atoms with E-state index in [1.807, 2.05) is 0 Å². The second-order valence-corrected chi connectivity index (χ2v) is 3.90. The van der Waals surface area contributed by atoms with Gasteiger partial charge in [-0.15, -0.1) is 0 Å². The van der Waals surface area contributed by atoms with E-state index in [1.54, 1.807) is 6.07 Å². The maximum atomic E-state index is 13.5. The number of benzene rings is 1. The van der Waals surface area contributed by atoms with Crippen LogP contribution in [0.2, 0.25) is 0 Å². The van der Waals surface area contributed by atoms with E-state index >= 15 is 0 Å². The molecule has 0 unspecified atom stereocenters. The lowest BCUT2D eigenvalue weighted by Crippen LogP contribution is -2.10. The Hall–Kier alpha value is -3.25. The molecule has 0 bridgehead atoms. The van der Waals surface area contributed by atoms with Gasteiger partial charge in [0.1, 0.15) is 29.1 Å². The van der Waals surface area contributed by atoms with Gasteiger partial charge in [0.05, 0.1) is 22.7 Å². The lowest BCUT2D eigenvalue weighted by Gasteiger charge is -2.09. The van der Waals surface area contributed by atoms with E-state index < -0.39 is 10.7 Å². The van der Waals surface area contributed by atoms with Gasteiger partial charge >= 0.3 is 0 Å². The molecule has 0 aliphatic carbocycles. The Morgan fingerprint density at radius 1 is 1.38 bits per heavy atom. The van der Waals surface area contributed by atoms with Crippen LogP contribution in [0.4, 0.5) is 27.4 Å². The topological polar surface area (TPSA) is 130 Å². The number of nitrogen functional groups attached to an aromatic ring is 1. The second-order valence-electron chi connectivity index (χ2n) is 3.90. The van der Waals surface area contributed by atoms with Crippen LogP contribution in [0.15, 0.2) is 30.3 Å². The van der Waals surface area contributed by atoms with Crippen molar-refractivity contribution in [1.29, 1.82) is 5.26 Å². The van der Waals surface area contributed by atoms with Crippen molar-refractivity contribution in [2.24, 2.45) is 5.84 Å². The van der Waals surface area contributed by atoms with Crippen LogP contribution in [-0.2, 0) is 0 Å². The molecule has 0 amide bonds. The van der Waals surface area contributed by atoms with Gasteiger partial charge in [-0.3, -0.25) is 10.1 Å². The highest BCUT2D eigenvalue weighted by atomic mass is 19.1. The molecule has 0 atom stereocenters. The lowest BCUT2D eigenvalue weighted by atomic mass is 10.2. The minimum absolute atomic E-state index is 0.0549. The molecule has 0 aliphatic rings. The molecule has 1 heterocycles. The number of nitrogens with two attached hydrogens (primary N) is 1. The molecule has 0 saturated heterocycles. The molecule has 106 valence electrons. The van der Waals surface area contributed by atoms with Crippen molar-refractivity contribution in [2.75, 3.05) is 10.7 Å². The fraction of sp³-hybridized carbons (Fsp3) is 0. The highest BCUT2D eigenvalue weighted by Crippen LogP contribution is 2.25. The fourth-order valence-electron chi connectivity index (χ4n) is 1.64. The minimum Gasteiger partial charge on any atom is -0.339 e. The highest BCUT2D eigenvalue weighted by molar-refractivity contribution is 5.67. The Morgan fingerprint density at radius 2 is 2.10 bits per heavy atom. The van der Waals surface area contributed by atoms with Crippen molar-refractivity contribution < 1.29 is 9.31 Å². The summed E-state index contributed by atoms with van der Waals surface area (Å²) in [5.41, 5.74) is 1.87. The normalized spacial score (nSPS) is 9.76. The number of aromatic nitrogens is 1. The molecule has 1 aromatic heterocycles. The molecular weight excluding hydrogens is 279 g/mol. The van der Waals surface area contributed by atoms with Crippen molar-refractivity contribution in [2.45, 2.75) is 0 Å². The molecular formula is C12H9FN6O2. The molecule has 0 spiro atoms. The Bertz CT molecular complexity index is 743. The minimum atomic E-state index is -0.704. The summed E-state index contributed by atoms with van der Waals surface area (Å²) in [5, 5.41) is 22.4. The maximum Gasteiger partial charge on any atom is 0.276 e. The van der Waals surface area contributed by atoms with Crippen LogP contribution >= 0.6 is 0 Å². The van der Waals surface area contributed by atoms with Crippen molar-refractivity contribution in [3.63, 3.8) is 0 Å². The molecule has 2 aromatic rings. The molecule has 8 nitrogen and oxygen atoms in total. The monoisotopic (exact) mass is 288 g/mol. The number of hydrogen-bond donors (Lipinski definition) is 3. The summed E-state index contributed by atoms with van der Waals surface area (Å²) in [6.45, 7) is 0. The first kappa shape index (κ1) is 14.2. The summed E-state index contributed by atoms with van der Waals surface area (Å²) < 4.78 is 13.5. The standard InChI is InChI=1S/C12H9FN6O2/c13-9-2-1-3-10(8(9)6-14)16-11-4-7(19(20)21)5-12(17-11)18-15/h1-5H,15H2,(H2,16,17,18). The van der Waals surface area contributed by atoms with Crippen LogP contribution in [-0.4, -0.2) is 9.91 Å². The van der Waals surface area contributed by atoms with Crippen molar-refractivity contribution in [3.05, 3.63) is 51.8 Å². The van der Waals surface area contributed by atoms with Crippen molar-refractivity contribution in [3.8, 4) is 6.07 Å². The van der Waals surface area contributed by atoms with Gasteiger partial charge in [-0.2, -0.15) is 5.26 Å². The quantitative estimate of drug-likeness (QED) is 0.445. The Kier molecular flexibility index (Phi) is 3.92. The Morgan fingerprint density at radius 3 is 2.71 bits per heavy atom. The molecule has 21 heavy (non-hydrogen) atoms. The number of nitrogens with zero attached hydrogens (tertiary/aromatic N) is 3. The first-order valence-electron chi connectivity index (χ1n) is 5.64. The molecule has 0 saturated carbocycles. The number of hydrazine groups is 1. The molecule has 1 aromatic carbocycles. The van der Waals surface area contributed by atoms with Crippen LogP contribution in [0, 0.1) is 27.3 Å². The predicted molar refractivity (Wildman–Crippen MR) is 73.1 cm³/mol. The van der Waals surface area contributed by atoms with Crippen LogP contribution in [0.5, 0.6) is 0 Å². The van der Waals surface area contributed by atoms with Crippen LogP contribution in [0.3, 0.4) is 0 Å². The van der Waals surface area contributed by atoms with Crippen LogP contribution < -0.4 is 16.6 Å². The average molecular weight is 288 g/mol. The maximum absolute atomic E-state index is 13.5. The van der Waals surface area contributed by atoms with Gasteiger partial charge in [-0.1, -0.05) is 6.07 Å². The summed E-state index contributed by atoms with van der Waals surface area (Å²) in [5.74, 6) is 4.59. The van der Waals surface area contributed by atoms with Gasteiger partial charge in [0.15, 0.2) is 0 Å². The van der Waals surface area contributed by atoms with E-state index in [2.05, 4.69) is 15.7 Å². The van der Waals surface area contributed by atoms with Crippen molar-refractivity contribution in [1.82, 2.24) is 4.98 Å². The average Bonchev–Trinajstić information content (AvgIpc) is 2.47. The van der Waals surface area contributed by atoms with Crippen LogP contribution in [0.25, 0.3) is 0 Å². The molecule has 9 heteroatoms. The number of nitro groups is 1. The van der Waals surface area contributed by atoms with Gasteiger partial charge in [0.2, 0.25) is 0 Å². The van der Waals surface area contributed by atoms with Crippen LogP contribution in [0.1, 0.15) is 5.56 Å². The summed E-state index contributed by atoms with van der Waals surface area (Å²) in [6, 6.07) is 7.99. The third kappa shape index (κ3) is 3.02. The van der Waals surface area contributed by atoms with E-state index in [0.29, 0.717) is 0 Å². The number of rotatable bonds is 4. The lowest BCUT2D eigenvalue weighted by molar-refractivity contribution is -0.384. The van der Waals surface area contributed by atoms with E-state index in [1.165, 1.54) is 12.1 Å². The van der Waals surface area contributed by atoms with E-state index in [9.17, 15) is 14.5 Å². The Balaban J connectivity index is 2.45. The first-order chi connectivity index (χ1) is 10.0. The zero-order chi connectivity index (χ0) is 15.4. The molecule has 0 aliphatic heterocycles. The fourth-order valence-corrected chi connectivity index (χ4v) is 1.64. The Labute approximate surface area is 118 Å². The van der Waals surface area contributed by atoms with E-state index in [4.69, 9.17) is 11.1 Å². The number of halogens is 1. The molecule has 4 N–H and O–H groups in total. The zero-order valence-corrected chi connectivity index (χ0v) is 10.5. The third-order valence-electron chi connectivity index (χ3n) is 2.56. The zero-order valence-electron chi connectivity index (χ0n) is 10.5. The predicted octanol–water partition coefficient (Wildman–Crippen LogP) is 2.03. The highest BCUT2D eigenvalue weighted by Gasteiger charge is 2.13. The summed E-state index contributed by atoms with van der Waals surface area (Å²) >= 11 is 0. The third-order valence-corrected chi connectivity index (χ3v) is 2.56. The summed E-state index contributed by atoms with van der Waals surface area (Å²) in [7, 11) is 0. The van der Waals surface area contributed by atoms with Gasteiger partial charge in [0.25, 0.3) is 5.69 Å². The van der Waals surface area contributed by atoms with Gasteiger partial charge < -0.3 is 10.7 Å². The number of pyridine rings is 1. The number of anilines is 3. The number of hydrogen-bond acceptors (Lipinski definition) is 7. The van der Waals surface area contributed by atoms with E-state index in [0.717, 1.165) is 18.2 Å². The summed E-state index contributed by atoms with van der Waals surface area (Å²) in [4.78, 5) is 14.2.